The van der Waals surface area contributed by atoms with E-state index in [4.69, 9.17) is 16.7 Å². The topological polar surface area (TPSA) is 58.0 Å². The molecule has 0 spiro atoms. The molecule has 17 heavy (non-hydrogen) atoms. The van der Waals surface area contributed by atoms with Crippen molar-refractivity contribution in [1.82, 2.24) is 9.97 Å². The highest BCUT2D eigenvalue weighted by Crippen LogP contribution is 2.23. The Hall–Kier alpha value is -0.870. The average molecular weight is 258 g/mol. The molecule has 1 aromatic heterocycles. The second kappa shape index (κ2) is 5.65. The van der Waals surface area contributed by atoms with Crippen molar-refractivity contribution in [3.8, 4) is 0 Å². The first-order chi connectivity index (χ1) is 7.85. The van der Waals surface area contributed by atoms with Crippen LogP contribution in [0.1, 0.15) is 31.7 Å². The molecule has 2 N–H and O–H groups in total. The molecule has 0 amide bonds. The van der Waals surface area contributed by atoms with Crippen molar-refractivity contribution in [2.75, 3.05) is 18.5 Å². The average Bonchev–Trinajstić information content (AvgIpc) is 2.21. The summed E-state index contributed by atoms with van der Waals surface area (Å²) in [5.41, 5.74) is 0.879. The van der Waals surface area contributed by atoms with E-state index in [0.717, 1.165) is 24.3 Å². The summed E-state index contributed by atoms with van der Waals surface area (Å²) in [6.45, 7) is 8.83. The summed E-state index contributed by atoms with van der Waals surface area (Å²) < 4.78 is 0. The van der Waals surface area contributed by atoms with Crippen LogP contribution in [0.2, 0.25) is 5.15 Å². The van der Waals surface area contributed by atoms with Gasteiger partial charge in [-0.25, -0.2) is 9.97 Å². The summed E-state index contributed by atoms with van der Waals surface area (Å²) in [4.78, 5) is 8.42. The fourth-order valence-electron chi connectivity index (χ4n) is 1.48. The summed E-state index contributed by atoms with van der Waals surface area (Å²) in [6.07, 6.45) is 0.747. The Bertz CT molecular complexity index is 394. The number of aromatic nitrogens is 2. The van der Waals surface area contributed by atoms with Gasteiger partial charge < -0.3 is 10.4 Å². The summed E-state index contributed by atoms with van der Waals surface area (Å²) >= 11 is 6.00. The molecule has 0 aliphatic carbocycles. The number of anilines is 1. The quantitative estimate of drug-likeness (QED) is 0.796. The molecule has 0 saturated heterocycles. The number of aliphatic hydroxyl groups is 1. The number of aryl methyl sites for hydroxylation is 1. The monoisotopic (exact) mass is 257 g/mol. The predicted molar refractivity (Wildman–Crippen MR) is 70.5 cm³/mol. The Labute approximate surface area is 107 Å². The molecule has 4 nitrogen and oxygen atoms in total. The largest absolute Gasteiger partial charge is 0.396 e. The van der Waals surface area contributed by atoms with E-state index in [2.05, 4.69) is 29.1 Å². The van der Waals surface area contributed by atoms with Crippen LogP contribution in [0.5, 0.6) is 0 Å². The van der Waals surface area contributed by atoms with Crippen molar-refractivity contribution < 1.29 is 5.11 Å². The van der Waals surface area contributed by atoms with Crippen molar-refractivity contribution in [2.45, 2.75) is 34.1 Å². The highest BCUT2D eigenvalue weighted by molar-refractivity contribution is 6.30. The minimum Gasteiger partial charge on any atom is -0.396 e. The van der Waals surface area contributed by atoms with E-state index in [1.165, 1.54) is 0 Å². The molecule has 0 bridgehead atoms. The number of nitrogens with zero attached hydrogens (tertiary/aromatic N) is 2. The zero-order chi connectivity index (χ0) is 13.1. The summed E-state index contributed by atoms with van der Waals surface area (Å²) in [7, 11) is 0. The molecule has 5 heteroatoms. The van der Waals surface area contributed by atoms with E-state index < -0.39 is 0 Å². The lowest BCUT2D eigenvalue weighted by molar-refractivity contribution is 0.220. The van der Waals surface area contributed by atoms with Crippen molar-refractivity contribution in [3.05, 3.63) is 16.5 Å². The van der Waals surface area contributed by atoms with Crippen LogP contribution in [0.4, 0.5) is 5.82 Å². The molecule has 1 aromatic rings. The number of rotatable bonds is 5. The Morgan fingerprint density at radius 2 is 1.94 bits per heavy atom. The van der Waals surface area contributed by atoms with Gasteiger partial charge in [0.1, 0.15) is 16.8 Å². The zero-order valence-corrected chi connectivity index (χ0v) is 11.6. The number of hydrogen-bond acceptors (Lipinski definition) is 4. The molecule has 0 unspecified atom stereocenters. The maximum atomic E-state index is 8.97. The number of aliphatic hydroxyl groups excluding tert-OH is 1. The fraction of sp³-hybridized carbons (Fsp3) is 0.667. The lowest BCUT2D eigenvalue weighted by atomic mass is 9.90. The standard InChI is InChI=1S/C12H20ClN3O/c1-8-10(13)15-9(2)16-11(8)14-7-12(3,4)5-6-17/h17H,5-7H2,1-4H3,(H,14,15,16). The van der Waals surface area contributed by atoms with Crippen molar-refractivity contribution >= 4 is 17.4 Å². The lowest BCUT2D eigenvalue weighted by Crippen LogP contribution is -2.25. The first-order valence-electron chi connectivity index (χ1n) is 5.71. The van der Waals surface area contributed by atoms with Gasteiger partial charge in [0.25, 0.3) is 0 Å². The second-order valence-electron chi connectivity index (χ2n) is 5.03. The summed E-state index contributed by atoms with van der Waals surface area (Å²) in [6, 6.07) is 0. The molecule has 0 radical (unpaired) electrons. The molecule has 0 aliphatic rings. The van der Waals surface area contributed by atoms with Crippen LogP contribution in [-0.4, -0.2) is 28.2 Å². The molecule has 0 aliphatic heterocycles. The highest BCUT2D eigenvalue weighted by Gasteiger charge is 2.18. The Balaban J connectivity index is 2.76. The van der Waals surface area contributed by atoms with E-state index in [9.17, 15) is 0 Å². The summed E-state index contributed by atoms with van der Waals surface area (Å²) in [5, 5.41) is 12.7. The van der Waals surface area contributed by atoms with Gasteiger partial charge in [-0.1, -0.05) is 25.4 Å². The molecule has 1 rings (SSSR count). The Kier molecular flexibility index (Phi) is 4.71. The zero-order valence-electron chi connectivity index (χ0n) is 10.8. The molecular weight excluding hydrogens is 238 g/mol. The van der Waals surface area contributed by atoms with Gasteiger partial charge in [-0.3, -0.25) is 0 Å². The second-order valence-corrected chi connectivity index (χ2v) is 5.38. The van der Waals surface area contributed by atoms with Crippen LogP contribution >= 0.6 is 11.6 Å². The molecular formula is C12H20ClN3O. The maximum absolute atomic E-state index is 8.97. The third-order valence-corrected chi connectivity index (χ3v) is 3.09. The van der Waals surface area contributed by atoms with E-state index >= 15 is 0 Å². The van der Waals surface area contributed by atoms with Crippen LogP contribution in [-0.2, 0) is 0 Å². The summed E-state index contributed by atoms with van der Waals surface area (Å²) in [5.74, 6) is 1.43. The first kappa shape index (κ1) is 14.2. The van der Waals surface area contributed by atoms with Gasteiger partial charge in [-0.05, 0) is 25.7 Å². The number of hydrogen-bond donors (Lipinski definition) is 2. The molecule has 0 aromatic carbocycles. The van der Waals surface area contributed by atoms with Crippen LogP contribution in [0.15, 0.2) is 0 Å². The van der Waals surface area contributed by atoms with Gasteiger partial charge >= 0.3 is 0 Å². The maximum Gasteiger partial charge on any atom is 0.137 e. The molecule has 96 valence electrons. The molecule has 0 atom stereocenters. The van der Waals surface area contributed by atoms with E-state index in [0.29, 0.717) is 11.0 Å². The van der Waals surface area contributed by atoms with Crippen molar-refractivity contribution in [2.24, 2.45) is 5.41 Å². The van der Waals surface area contributed by atoms with Crippen LogP contribution < -0.4 is 5.32 Å². The molecule has 0 fully saturated rings. The van der Waals surface area contributed by atoms with Crippen molar-refractivity contribution in [1.29, 1.82) is 0 Å². The van der Waals surface area contributed by atoms with Gasteiger partial charge in [0.05, 0.1) is 0 Å². The normalized spacial score (nSPS) is 11.6. The Morgan fingerprint density at radius 1 is 1.29 bits per heavy atom. The third kappa shape index (κ3) is 4.13. The van der Waals surface area contributed by atoms with Gasteiger partial charge in [-0.15, -0.1) is 0 Å². The van der Waals surface area contributed by atoms with Crippen LogP contribution in [0.3, 0.4) is 0 Å². The van der Waals surface area contributed by atoms with Crippen molar-refractivity contribution in [3.63, 3.8) is 0 Å². The van der Waals surface area contributed by atoms with Gasteiger partial charge in [0, 0.05) is 18.7 Å². The lowest BCUT2D eigenvalue weighted by Gasteiger charge is -2.24. The first-order valence-corrected chi connectivity index (χ1v) is 6.09. The molecule has 0 saturated carbocycles. The van der Waals surface area contributed by atoms with Crippen LogP contribution in [0, 0.1) is 19.3 Å². The van der Waals surface area contributed by atoms with Gasteiger partial charge in [0.2, 0.25) is 0 Å². The van der Waals surface area contributed by atoms with Gasteiger partial charge in [0.15, 0.2) is 0 Å². The fourth-order valence-corrected chi connectivity index (χ4v) is 1.69. The Morgan fingerprint density at radius 3 is 2.53 bits per heavy atom. The molecule has 1 heterocycles. The smallest absolute Gasteiger partial charge is 0.137 e. The highest BCUT2D eigenvalue weighted by atomic mass is 35.5. The van der Waals surface area contributed by atoms with E-state index in [1.54, 1.807) is 0 Å². The SMILES string of the molecule is Cc1nc(Cl)c(C)c(NCC(C)(C)CCO)n1. The van der Waals surface area contributed by atoms with Crippen LogP contribution in [0.25, 0.3) is 0 Å². The number of nitrogens with one attached hydrogen (secondary N) is 1. The third-order valence-electron chi connectivity index (χ3n) is 2.72. The van der Waals surface area contributed by atoms with E-state index in [1.807, 2.05) is 13.8 Å². The minimum atomic E-state index is 0.0204. The number of halogens is 1. The van der Waals surface area contributed by atoms with Gasteiger partial charge in [-0.2, -0.15) is 0 Å². The predicted octanol–water partition coefficient (Wildman–Crippen LogP) is 2.57. The minimum absolute atomic E-state index is 0.0204. The van der Waals surface area contributed by atoms with E-state index in [-0.39, 0.29) is 12.0 Å².